The van der Waals surface area contributed by atoms with Gasteiger partial charge in [-0.3, -0.25) is 9.78 Å². The molecule has 2 N–H and O–H groups in total. The molecule has 1 amide bonds. The third-order valence-corrected chi connectivity index (χ3v) is 6.05. The summed E-state index contributed by atoms with van der Waals surface area (Å²) in [7, 11) is 0. The summed E-state index contributed by atoms with van der Waals surface area (Å²) in [5, 5.41) is 13.6. The molecule has 2 aromatic heterocycles. The van der Waals surface area contributed by atoms with Crippen molar-refractivity contribution >= 4 is 17.7 Å². The maximum absolute atomic E-state index is 12.8. The van der Waals surface area contributed by atoms with Crippen LogP contribution in [0.5, 0.6) is 0 Å². The number of amides is 1. The number of hydrogen-bond acceptors (Lipinski definition) is 7. The summed E-state index contributed by atoms with van der Waals surface area (Å²) in [5.41, 5.74) is 0.236. The zero-order valence-corrected chi connectivity index (χ0v) is 16.6. The van der Waals surface area contributed by atoms with Crippen molar-refractivity contribution in [3.63, 3.8) is 0 Å². The lowest BCUT2D eigenvalue weighted by Gasteiger charge is -2.40. The average Bonchev–Trinajstić information content (AvgIpc) is 3.09. The van der Waals surface area contributed by atoms with Crippen molar-refractivity contribution in [3.05, 3.63) is 72.3 Å². The van der Waals surface area contributed by atoms with E-state index in [0.717, 1.165) is 11.1 Å². The highest BCUT2D eigenvalue weighted by molar-refractivity contribution is 5.97. The zero-order chi connectivity index (χ0) is 21.5. The molecule has 3 aromatic rings. The Morgan fingerprint density at radius 3 is 2.45 bits per heavy atom. The Balaban J connectivity index is 1.28. The molecule has 8 nitrogen and oxygen atoms in total. The Bertz CT molecular complexity index is 1140. The van der Waals surface area contributed by atoms with Crippen molar-refractivity contribution in [2.24, 2.45) is 0 Å². The highest BCUT2D eigenvalue weighted by Gasteiger charge is 2.53. The molecule has 0 bridgehead atoms. The first kappa shape index (κ1) is 19.3. The maximum atomic E-state index is 12.8. The van der Waals surface area contributed by atoms with Crippen molar-refractivity contribution in [1.29, 1.82) is 0 Å². The second-order valence-corrected chi connectivity index (χ2v) is 7.92. The van der Waals surface area contributed by atoms with E-state index in [9.17, 15) is 14.7 Å². The average molecular weight is 416 g/mol. The highest BCUT2D eigenvalue weighted by atomic mass is 16.6. The van der Waals surface area contributed by atoms with Gasteiger partial charge in [-0.05, 0) is 31.7 Å². The third kappa shape index (κ3) is 3.34. The van der Waals surface area contributed by atoms with Gasteiger partial charge in [-0.1, -0.05) is 36.4 Å². The molecule has 8 heteroatoms. The van der Waals surface area contributed by atoms with E-state index in [1.165, 1.54) is 6.20 Å². The van der Waals surface area contributed by atoms with Gasteiger partial charge >= 0.3 is 5.97 Å². The van der Waals surface area contributed by atoms with Crippen LogP contribution in [0.25, 0.3) is 11.3 Å². The Labute approximate surface area is 178 Å². The summed E-state index contributed by atoms with van der Waals surface area (Å²) in [6.07, 6.45) is 5.56. The molecular formula is C23H20N4O4. The van der Waals surface area contributed by atoms with Gasteiger partial charge in [-0.15, -0.1) is 0 Å². The van der Waals surface area contributed by atoms with Crippen molar-refractivity contribution in [2.45, 2.75) is 36.9 Å². The van der Waals surface area contributed by atoms with E-state index < -0.39 is 23.1 Å². The van der Waals surface area contributed by atoms with E-state index in [0.29, 0.717) is 24.2 Å². The Kier molecular flexibility index (Phi) is 4.51. The highest BCUT2D eigenvalue weighted by Crippen LogP contribution is 2.48. The van der Waals surface area contributed by atoms with E-state index in [-0.39, 0.29) is 18.7 Å². The molecule has 1 spiro atoms. The number of benzene rings is 1. The summed E-state index contributed by atoms with van der Waals surface area (Å²) in [6.45, 7) is 0. The Hall–Kier alpha value is -3.65. The molecule has 1 aromatic carbocycles. The third-order valence-electron chi connectivity index (χ3n) is 6.05. The fourth-order valence-corrected chi connectivity index (χ4v) is 4.27. The summed E-state index contributed by atoms with van der Waals surface area (Å²) in [6, 6.07) is 13.2. The second-order valence-electron chi connectivity index (χ2n) is 7.92. The molecule has 3 heterocycles. The molecule has 1 fully saturated rings. The summed E-state index contributed by atoms with van der Waals surface area (Å²) in [5.74, 6) is -0.737. The number of anilines is 1. The van der Waals surface area contributed by atoms with Crippen LogP contribution in [-0.2, 0) is 15.1 Å². The minimum Gasteiger partial charge on any atom is -0.449 e. The smallest absolute Gasteiger partial charge is 0.358 e. The van der Waals surface area contributed by atoms with Crippen molar-refractivity contribution in [2.75, 3.05) is 5.32 Å². The first-order valence-electron chi connectivity index (χ1n) is 10.1. The SMILES string of the molecule is O=C1O[C@]2(CC[C@@](O)(C(=O)Nc3cnc(-c4ccccc4)cn3)CC2)c2cccnc21. The topological polar surface area (TPSA) is 114 Å². The number of nitrogens with one attached hydrogen (secondary N) is 1. The van der Waals surface area contributed by atoms with Crippen LogP contribution < -0.4 is 5.32 Å². The molecule has 0 saturated heterocycles. The van der Waals surface area contributed by atoms with Gasteiger partial charge in [0.1, 0.15) is 11.2 Å². The van der Waals surface area contributed by atoms with Gasteiger partial charge in [-0.25, -0.2) is 14.8 Å². The van der Waals surface area contributed by atoms with Gasteiger partial charge in [0.2, 0.25) is 0 Å². The summed E-state index contributed by atoms with van der Waals surface area (Å²) < 4.78 is 5.64. The van der Waals surface area contributed by atoms with Gasteiger partial charge < -0.3 is 15.2 Å². The molecule has 0 radical (unpaired) electrons. The Morgan fingerprint density at radius 2 is 1.74 bits per heavy atom. The van der Waals surface area contributed by atoms with Crippen LogP contribution >= 0.6 is 0 Å². The predicted octanol–water partition coefficient (Wildman–Crippen LogP) is 2.85. The zero-order valence-electron chi connectivity index (χ0n) is 16.6. The van der Waals surface area contributed by atoms with Crippen LogP contribution in [0.1, 0.15) is 41.7 Å². The quantitative estimate of drug-likeness (QED) is 0.631. The molecular weight excluding hydrogens is 396 g/mol. The van der Waals surface area contributed by atoms with Gasteiger partial charge in [0.25, 0.3) is 5.91 Å². The van der Waals surface area contributed by atoms with Crippen LogP contribution in [0.4, 0.5) is 5.82 Å². The van der Waals surface area contributed by atoms with Gasteiger partial charge in [0.15, 0.2) is 11.5 Å². The second kappa shape index (κ2) is 7.24. The number of carbonyl (C=O) groups excluding carboxylic acids is 2. The molecule has 5 rings (SSSR count). The van der Waals surface area contributed by atoms with E-state index in [2.05, 4.69) is 20.3 Å². The fourth-order valence-electron chi connectivity index (χ4n) is 4.27. The van der Waals surface area contributed by atoms with Crippen LogP contribution in [0.15, 0.2) is 61.1 Å². The first-order valence-corrected chi connectivity index (χ1v) is 10.1. The molecule has 1 aliphatic heterocycles. The number of esters is 1. The minimum atomic E-state index is -1.58. The molecule has 0 unspecified atom stereocenters. The largest absolute Gasteiger partial charge is 0.449 e. The van der Waals surface area contributed by atoms with Crippen LogP contribution in [0.2, 0.25) is 0 Å². The van der Waals surface area contributed by atoms with Gasteiger partial charge in [0, 0.05) is 17.3 Å². The number of ether oxygens (including phenoxy) is 1. The molecule has 2 aliphatic rings. The lowest BCUT2D eigenvalue weighted by atomic mass is 9.73. The van der Waals surface area contributed by atoms with Crippen molar-refractivity contribution in [1.82, 2.24) is 15.0 Å². The summed E-state index contributed by atoms with van der Waals surface area (Å²) >= 11 is 0. The summed E-state index contributed by atoms with van der Waals surface area (Å²) in [4.78, 5) is 37.7. The monoisotopic (exact) mass is 416 g/mol. The number of carbonyl (C=O) groups is 2. The van der Waals surface area contributed by atoms with Gasteiger partial charge in [0.05, 0.1) is 18.1 Å². The number of aliphatic hydroxyl groups is 1. The number of nitrogens with zero attached hydrogens (tertiary/aromatic N) is 3. The lowest BCUT2D eigenvalue weighted by molar-refractivity contribution is -0.144. The lowest BCUT2D eigenvalue weighted by Crippen LogP contribution is -2.49. The number of pyridine rings is 1. The number of aromatic nitrogens is 3. The standard InChI is InChI=1S/C23H20N4O4/c28-20-19-16(7-4-12-24-19)23(31-20)10-8-22(30,9-11-23)21(29)27-18-14-25-17(13-26-18)15-5-2-1-3-6-15/h1-7,12-14,30H,8-11H2,(H,26,27,29)/t22-,23-. The first-order chi connectivity index (χ1) is 15.0. The van der Waals surface area contributed by atoms with Crippen molar-refractivity contribution < 1.29 is 19.4 Å². The van der Waals surface area contributed by atoms with Gasteiger partial charge in [-0.2, -0.15) is 0 Å². The molecule has 31 heavy (non-hydrogen) atoms. The molecule has 1 saturated carbocycles. The Morgan fingerprint density at radius 1 is 0.968 bits per heavy atom. The molecule has 156 valence electrons. The molecule has 1 aliphatic carbocycles. The number of hydrogen-bond donors (Lipinski definition) is 2. The van der Waals surface area contributed by atoms with E-state index in [4.69, 9.17) is 4.74 Å². The van der Waals surface area contributed by atoms with Crippen molar-refractivity contribution in [3.8, 4) is 11.3 Å². The number of rotatable bonds is 3. The minimum absolute atomic E-state index is 0.149. The predicted molar refractivity (Wildman–Crippen MR) is 111 cm³/mol. The van der Waals surface area contributed by atoms with E-state index in [1.54, 1.807) is 18.5 Å². The normalized spacial score (nSPS) is 24.5. The van der Waals surface area contributed by atoms with Crippen LogP contribution in [0, 0.1) is 0 Å². The van der Waals surface area contributed by atoms with Crippen LogP contribution in [0.3, 0.4) is 0 Å². The maximum Gasteiger partial charge on any atom is 0.358 e. The van der Waals surface area contributed by atoms with E-state index >= 15 is 0 Å². The molecule has 0 atom stereocenters. The number of fused-ring (bicyclic) bond motifs is 2. The fraction of sp³-hybridized carbons (Fsp3) is 0.261. The van der Waals surface area contributed by atoms with E-state index in [1.807, 2.05) is 36.4 Å². The van der Waals surface area contributed by atoms with Crippen LogP contribution in [-0.4, -0.2) is 37.5 Å².